The van der Waals surface area contributed by atoms with E-state index in [1.807, 2.05) is 16.8 Å². The number of likely N-dealkylation sites (tertiary alicyclic amines) is 1. The standard InChI is InChI=1S/C20H24N6O.ClH/c1-16-4-6-17(7-5-16)14-26-19(22-23-24-26)15-25-11-8-20(27,9-12-25)18-3-2-10-21-13-18;/h2-7,10,13,27H,8-9,11-12,14-15H2,1H3;1H. The summed E-state index contributed by atoms with van der Waals surface area (Å²) in [6, 6.07) is 12.2. The third kappa shape index (κ3) is 4.55. The van der Waals surface area contributed by atoms with Gasteiger partial charge in [-0.3, -0.25) is 9.88 Å². The van der Waals surface area contributed by atoms with Gasteiger partial charge < -0.3 is 5.11 Å². The molecule has 1 N–H and O–H groups in total. The van der Waals surface area contributed by atoms with Crippen molar-refractivity contribution < 1.29 is 5.11 Å². The Labute approximate surface area is 170 Å². The largest absolute Gasteiger partial charge is 0.385 e. The van der Waals surface area contributed by atoms with E-state index < -0.39 is 5.60 Å². The minimum absolute atomic E-state index is 0. The van der Waals surface area contributed by atoms with E-state index in [1.54, 1.807) is 12.4 Å². The maximum Gasteiger partial charge on any atom is 0.165 e. The highest BCUT2D eigenvalue weighted by atomic mass is 35.5. The van der Waals surface area contributed by atoms with E-state index in [-0.39, 0.29) is 12.4 Å². The first-order chi connectivity index (χ1) is 13.1. The summed E-state index contributed by atoms with van der Waals surface area (Å²) in [5.41, 5.74) is 2.52. The van der Waals surface area contributed by atoms with Crippen LogP contribution in [0.4, 0.5) is 0 Å². The Hall–Kier alpha value is -2.35. The first-order valence-electron chi connectivity index (χ1n) is 9.28. The third-order valence-electron chi connectivity index (χ3n) is 5.31. The number of tetrazole rings is 1. The van der Waals surface area contributed by atoms with Crippen molar-refractivity contribution in [2.24, 2.45) is 0 Å². The van der Waals surface area contributed by atoms with Gasteiger partial charge in [-0.15, -0.1) is 17.5 Å². The van der Waals surface area contributed by atoms with Crippen LogP contribution in [0, 0.1) is 6.92 Å². The topological polar surface area (TPSA) is 80.0 Å². The molecular weight excluding hydrogens is 376 g/mol. The van der Waals surface area contributed by atoms with Crippen molar-refractivity contribution in [3.05, 3.63) is 71.3 Å². The molecule has 1 aromatic carbocycles. The van der Waals surface area contributed by atoms with Crippen molar-refractivity contribution in [3.8, 4) is 0 Å². The van der Waals surface area contributed by atoms with E-state index in [0.29, 0.717) is 25.9 Å². The number of rotatable bonds is 5. The van der Waals surface area contributed by atoms with Gasteiger partial charge in [-0.25, -0.2) is 4.68 Å². The number of aryl methyl sites for hydroxylation is 1. The Morgan fingerprint density at radius 2 is 1.82 bits per heavy atom. The SMILES string of the molecule is Cc1ccc(Cn2nnnc2CN2CCC(O)(c3cccnc3)CC2)cc1.Cl. The molecule has 0 amide bonds. The maximum absolute atomic E-state index is 10.9. The first kappa shape index (κ1) is 20.4. The Morgan fingerprint density at radius 1 is 1.07 bits per heavy atom. The van der Waals surface area contributed by atoms with Gasteiger partial charge >= 0.3 is 0 Å². The van der Waals surface area contributed by atoms with Crippen LogP contribution in [0.5, 0.6) is 0 Å². The summed E-state index contributed by atoms with van der Waals surface area (Å²) in [7, 11) is 0. The number of nitrogens with zero attached hydrogens (tertiary/aromatic N) is 6. The lowest BCUT2D eigenvalue weighted by molar-refractivity contribution is -0.0287. The molecule has 0 saturated carbocycles. The predicted octanol–water partition coefficient (Wildman–Crippen LogP) is 2.33. The van der Waals surface area contributed by atoms with Crippen molar-refractivity contribution in [1.82, 2.24) is 30.1 Å². The summed E-state index contributed by atoms with van der Waals surface area (Å²) < 4.78 is 1.85. The lowest BCUT2D eigenvalue weighted by Gasteiger charge is -2.38. The Morgan fingerprint density at radius 3 is 2.50 bits per heavy atom. The Kier molecular flexibility index (Phi) is 6.39. The van der Waals surface area contributed by atoms with Crippen LogP contribution in [0.3, 0.4) is 0 Å². The maximum atomic E-state index is 10.9. The van der Waals surface area contributed by atoms with E-state index in [4.69, 9.17) is 0 Å². The average Bonchev–Trinajstić information content (AvgIpc) is 3.13. The number of piperidine rings is 1. The lowest BCUT2D eigenvalue weighted by atomic mass is 9.85. The summed E-state index contributed by atoms with van der Waals surface area (Å²) in [4.78, 5) is 6.43. The van der Waals surface area contributed by atoms with E-state index in [2.05, 4.69) is 56.6 Å². The van der Waals surface area contributed by atoms with Gasteiger partial charge in [0.05, 0.1) is 18.7 Å². The van der Waals surface area contributed by atoms with Crippen LogP contribution < -0.4 is 0 Å². The number of hydrogen-bond donors (Lipinski definition) is 1. The molecule has 1 fully saturated rings. The summed E-state index contributed by atoms with van der Waals surface area (Å²) >= 11 is 0. The average molecular weight is 401 g/mol. The predicted molar refractivity (Wildman–Crippen MR) is 108 cm³/mol. The lowest BCUT2D eigenvalue weighted by Crippen LogP contribution is -2.42. The molecule has 0 unspecified atom stereocenters. The molecule has 1 saturated heterocycles. The summed E-state index contributed by atoms with van der Waals surface area (Å²) in [5.74, 6) is 0.849. The van der Waals surface area contributed by atoms with Gasteiger partial charge in [-0.05, 0) is 41.8 Å². The molecule has 28 heavy (non-hydrogen) atoms. The van der Waals surface area contributed by atoms with Crippen molar-refractivity contribution in [2.75, 3.05) is 13.1 Å². The zero-order chi connectivity index (χ0) is 18.7. The molecule has 2 aromatic heterocycles. The molecule has 0 spiro atoms. The normalized spacial score (nSPS) is 16.5. The molecule has 0 aliphatic carbocycles. The summed E-state index contributed by atoms with van der Waals surface area (Å²) in [5, 5.41) is 23.2. The fourth-order valence-corrected chi connectivity index (χ4v) is 3.53. The minimum atomic E-state index is -0.793. The van der Waals surface area contributed by atoms with Crippen LogP contribution in [0.15, 0.2) is 48.8 Å². The van der Waals surface area contributed by atoms with E-state index >= 15 is 0 Å². The highest BCUT2D eigenvalue weighted by Gasteiger charge is 2.34. The van der Waals surface area contributed by atoms with Crippen LogP contribution in [-0.2, 0) is 18.7 Å². The number of aliphatic hydroxyl groups is 1. The second kappa shape index (κ2) is 8.77. The molecule has 0 bridgehead atoms. The molecule has 8 heteroatoms. The van der Waals surface area contributed by atoms with Gasteiger partial charge in [0.1, 0.15) is 0 Å². The summed E-state index contributed by atoms with van der Waals surface area (Å²) in [6.07, 6.45) is 4.85. The monoisotopic (exact) mass is 400 g/mol. The van der Waals surface area contributed by atoms with Crippen molar-refractivity contribution >= 4 is 12.4 Å². The van der Waals surface area contributed by atoms with E-state index in [0.717, 1.165) is 24.5 Å². The number of hydrogen-bond acceptors (Lipinski definition) is 6. The highest BCUT2D eigenvalue weighted by Crippen LogP contribution is 2.32. The Bertz CT molecular complexity index is 875. The molecule has 3 heterocycles. The van der Waals surface area contributed by atoms with Crippen LogP contribution in [0.25, 0.3) is 0 Å². The van der Waals surface area contributed by atoms with Gasteiger partial charge in [0.2, 0.25) is 0 Å². The molecular formula is C20H25ClN6O. The molecule has 0 radical (unpaired) electrons. The highest BCUT2D eigenvalue weighted by molar-refractivity contribution is 5.85. The van der Waals surface area contributed by atoms with Gasteiger partial charge in [0.25, 0.3) is 0 Å². The van der Waals surface area contributed by atoms with Gasteiger partial charge in [-0.2, -0.15) is 0 Å². The fraction of sp³-hybridized carbons (Fsp3) is 0.400. The van der Waals surface area contributed by atoms with Crippen molar-refractivity contribution in [1.29, 1.82) is 0 Å². The van der Waals surface area contributed by atoms with Gasteiger partial charge in [0.15, 0.2) is 5.82 Å². The third-order valence-corrected chi connectivity index (χ3v) is 5.31. The molecule has 1 aliphatic heterocycles. The van der Waals surface area contributed by atoms with E-state index in [9.17, 15) is 5.11 Å². The smallest absolute Gasteiger partial charge is 0.165 e. The van der Waals surface area contributed by atoms with E-state index in [1.165, 1.54) is 11.1 Å². The number of aromatic nitrogens is 5. The molecule has 0 atom stereocenters. The fourth-order valence-electron chi connectivity index (χ4n) is 3.53. The van der Waals surface area contributed by atoms with Crippen molar-refractivity contribution in [2.45, 2.75) is 38.5 Å². The first-order valence-corrected chi connectivity index (χ1v) is 9.28. The second-order valence-electron chi connectivity index (χ2n) is 7.29. The number of pyridine rings is 1. The number of halogens is 1. The molecule has 3 aromatic rings. The van der Waals surface area contributed by atoms with Crippen LogP contribution >= 0.6 is 12.4 Å². The van der Waals surface area contributed by atoms with Gasteiger partial charge in [-0.1, -0.05) is 35.9 Å². The quantitative estimate of drug-likeness (QED) is 0.708. The molecule has 1 aliphatic rings. The zero-order valence-corrected chi connectivity index (χ0v) is 16.7. The van der Waals surface area contributed by atoms with Crippen LogP contribution in [-0.4, -0.2) is 48.3 Å². The number of benzene rings is 1. The second-order valence-corrected chi connectivity index (χ2v) is 7.29. The van der Waals surface area contributed by atoms with Gasteiger partial charge in [0, 0.05) is 31.0 Å². The Balaban J connectivity index is 0.00000225. The van der Waals surface area contributed by atoms with Crippen LogP contribution in [0.2, 0.25) is 0 Å². The molecule has 7 nitrogen and oxygen atoms in total. The summed E-state index contributed by atoms with van der Waals surface area (Å²) in [6.45, 7) is 5.01. The molecule has 148 valence electrons. The molecule has 4 rings (SSSR count). The van der Waals surface area contributed by atoms with Crippen LogP contribution in [0.1, 0.15) is 35.4 Å². The minimum Gasteiger partial charge on any atom is -0.385 e. The zero-order valence-electron chi connectivity index (χ0n) is 15.9. The van der Waals surface area contributed by atoms with Crippen molar-refractivity contribution in [3.63, 3.8) is 0 Å².